The summed E-state index contributed by atoms with van der Waals surface area (Å²) in [6.45, 7) is 5.32. The van der Waals surface area contributed by atoms with Gasteiger partial charge in [-0.25, -0.2) is 4.79 Å². The largest absolute Gasteiger partial charge is 0.344 e. The van der Waals surface area contributed by atoms with E-state index in [1.165, 1.54) is 16.4 Å². The van der Waals surface area contributed by atoms with Crippen LogP contribution in [0.3, 0.4) is 0 Å². The van der Waals surface area contributed by atoms with Crippen molar-refractivity contribution in [2.45, 2.75) is 13.0 Å². The van der Waals surface area contributed by atoms with Crippen molar-refractivity contribution in [3.8, 4) is 0 Å². The molecule has 2 aromatic rings. The molecule has 0 saturated carbocycles. The number of likely N-dealkylation sites (tertiary alicyclic amines) is 1. The first-order valence-corrected chi connectivity index (χ1v) is 8.95. The van der Waals surface area contributed by atoms with E-state index in [0.717, 1.165) is 39.1 Å². The van der Waals surface area contributed by atoms with Crippen LogP contribution in [-0.2, 0) is 6.54 Å². The van der Waals surface area contributed by atoms with Gasteiger partial charge < -0.3 is 9.80 Å². The molecule has 4 heterocycles. The van der Waals surface area contributed by atoms with Crippen LogP contribution in [0.5, 0.6) is 0 Å². The van der Waals surface area contributed by atoms with E-state index in [2.05, 4.69) is 21.0 Å². The Morgan fingerprint density at radius 1 is 1.00 bits per heavy atom. The molecule has 2 amide bonds. The highest BCUT2D eigenvalue weighted by Gasteiger charge is 2.26. The lowest BCUT2D eigenvalue weighted by molar-refractivity contribution is 0.0652. The van der Waals surface area contributed by atoms with Crippen molar-refractivity contribution in [1.29, 1.82) is 0 Å². The number of rotatable bonds is 3. The lowest BCUT2D eigenvalue weighted by Gasteiger charge is -2.34. The average Bonchev–Trinajstić information content (AvgIpc) is 3.11. The molecule has 2 aliphatic heterocycles. The van der Waals surface area contributed by atoms with E-state index in [-0.39, 0.29) is 11.9 Å². The van der Waals surface area contributed by atoms with E-state index in [1.54, 1.807) is 22.2 Å². The fourth-order valence-corrected chi connectivity index (χ4v) is 3.23. The van der Waals surface area contributed by atoms with Gasteiger partial charge in [-0.2, -0.15) is 9.78 Å². The van der Waals surface area contributed by atoms with Crippen LogP contribution in [0.2, 0.25) is 0 Å². The molecule has 0 spiro atoms. The van der Waals surface area contributed by atoms with Gasteiger partial charge in [0.2, 0.25) is 0 Å². The summed E-state index contributed by atoms with van der Waals surface area (Å²) in [4.78, 5) is 34.8. The van der Waals surface area contributed by atoms with Crippen molar-refractivity contribution in [3.63, 3.8) is 0 Å². The van der Waals surface area contributed by atoms with E-state index in [0.29, 0.717) is 18.7 Å². The van der Waals surface area contributed by atoms with Gasteiger partial charge in [-0.1, -0.05) is 6.07 Å². The van der Waals surface area contributed by atoms with Crippen LogP contribution in [0.25, 0.3) is 0 Å². The van der Waals surface area contributed by atoms with Crippen molar-refractivity contribution in [2.75, 3.05) is 39.3 Å². The molecule has 4 rings (SSSR count). The zero-order chi connectivity index (χ0) is 17.9. The number of hydrogen-bond donors (Lipinski definition) is 0. The SMILES string of the molecule is O=C(c1cnn(C(=O)N2CCN(Cc3cccnc3)CC2)c1)N1CCC1. The Kier molecular flexibility index (Phi) is 4.66. The minimum atomic E-state index is -0.173. The van der Waals surface area contributed by atoms with Crippen LogP contribution in [0.15, 0.2) is 36.9 Å². The molecule has 0 N–H and O–H groups in total. The molecule has 0 radical (unpaired) electrons. The molecule has 8 heteroatoms. The molecule has 2 aliphatic rings. The monoisotopic (exact) mass is 354 g/mol. The highest BCUT2D eigenvalue weighted by Crippen LogP contribution is 2.13. The van der Waals surface area contributed by atoms with Gasteiger partial charge in [-0.3, -0.25) is 14.7 Å². The number of carbonyl (C=O) groups is 2. The number of piperazine rings is 1. The first-order chi connectivity index (χ1) is 12.7. The molecule has 2 aromatic heterocycles. The van der Waals surface area contributed by atoms with Gasteiger partial charge in [0, 0.05) is 64.4 Å². The summed E-state index contributed by atoms with van der Waals surface area (Å²) in [5.74, 6) is -0.0448. The van der Waals surface area contributed by atoms with E-state index < -0.39 is 0 Å². The van der Waals surface area contributed by atoms with E-state index in [1.807, 2.05) is 12.3 Å². The van der Waals surface area contributed by atoms with Crippen molar-refractivity contribution < 1.29 is 9.59 Å². The summed E-state index contributed by atoms with van der Waals surface area (Å²) < 4.78 is 1.28. The quantitative estimate of drug-likeness (QED) is 0.819. The second kappa shape index (κ2) is 7.25. The molecule has 136 valence electrons. The molecule has 0 aromatic carbocycles. The van der Waals surface area contributed by atoms with Crippen LogP contribution in [-0.4, -0.2) is 80.7 Å². The number of carbonyl (C=O) groups excluding carboxylic acids is 2. The van der Waals surface area contributed by atoms with Gasteiger partial charge in [0.15, 0.2) is 0 Å². The summed E-state index contributed by atoms with van der Waals surface area (Å²) in [5, 5.41) is 4.10. The third kappa shape index (κ3) is 3.45. The number of pyridine rings is 1. The maximum atomic E-state index is 12.6. The molecule has 0 aliphatic carbocycles. The topological polar surface area (TPSA) is 74.6 Å². The smallest absolute Gasteiger partial charge is 0.338 e. The number of hydrogen-bond acceptors (Lipinski definition) is 5. The van der Waals surface area contributed by atoms with Crippen molar-refractivity contribution in [3.05, 3.63) is 48.0 Å². The summed E-state index contributed by atoms with van der Waals surface area (Å²) in [5.41, 5.74) is 1.65. The predicted octanol–water partition coefficient (Wildman–Crippen LogP) is 0.910. The van der Waals surface area contributed by atoms with E-state index >= 15 is 0 Å². The second-order valence-corrected chi connectivity index (χ2v) is 6.73. The number of aromatic nitrogens is 3. The lowest BCUT2D eigenvalue weighted by atomic mass is 10.2. The zero-order valence-corrected chi connectivity index (χ0v) is 14.6. The Morgan fingerprint density at radius 3 is 2.46 bits per heavy atom. The highest BCUT2D eigenvalue weighted by atomic mass is 16.2. The van der Waals surface area contributed by atoms with E-state index in [4.69, 9.17) is 0 Å². The zero-order valence-electron chi connectivity index (χ0n) is 14.6. The van der Waals surface area contributed by atoms with E-state index in [9.17, 15) is 9.59 Å². The highest BCUT2D eigenvalue weighted by molar-refractivity contribution is 5.94. The van der Waals surface area contributed by atoms with Crippen LogP contribution < -0.4 is 0 Å². The Morgan fingerprint density at radius 2 is 1.81 bits per heavy atom. The Labute approximate surface area is 152 Å². The van der Waals surface area contributed by atoms with Crippen LogP contribution in [0, 0.1) is 0 Å². The number of amides is 2. The summed E-state index contributed by atoms with van der Waals surface area (Å²) >= 11 is 0. The molecule has 26 heavy (non-hydrogen) atoms. The maximum absolute atomic E-state index is 12.6. The van der Waals surface area contributed by atoms with Gasteiger partial charge >= 0.3 is 6.03 Å². The molecule has 0 bridgehead atoms. The van der Waals surface area contributed by atoms with Crippen molar-refractivity contribution >= 4 is 11.9 Å². The Bertz CT molecular complexity index is 778. The minimum Gasteiger partial charge on any atom is -0.338 e. The Hall–Kier alpha value is -2.74. The summed E-state index contributed by atoms with van der Waals surface area (Å²) in [7, 11) is 0. The van der Waals surface area contributed by atoms with Crippen LogP contribution >= 0.6 is 0 Å². The fraction of sp³-hybridized carbons (Fsp3) is 0.444. The summed E-state index contributed by atoms with van der Waals surface area (Å²) in [6, 6.07) is 3.82. The molecular formula is C18H22N6O2. The third-order valence-corrected chi connectivity index (χ3v) is 4.94. The first kappa shape index (κ1) is 16.7. The molecular weight excluding hydrogens is 332 g/mol. The molecule has 8 nitrogen and oxygen atoms in total. The molecule has 2 fully saturated rings. The predicted molar refractivity (Wildman–Crippen MR) is 94.6 cm³/mol. The third-order valence-electron chi connectivity index (χ3n) is 4.94. The first-order valence-electron chi connectivity index (χ1n) is 8.95. The van der Waals surface area contributed by atoms with Gasteiger partial charge in [0.05, 0.1) is 11.8 Å². The van der Waals surface area contributed by atoms with Gasteiger partial charge in [-0.15, -0.1) is 0 Å². The lowest BCUT2D eigenvalue weighted by Crippen LogP contribution is -2.49. The van der Waals surface area contributed by atoms with Gasteiger partial charge in [-0.05, 0) is 18.1 Å². The normalized spacial score (nSPS) is 17.8. The van der Waals surface area contributed by atoms with Crippen LogP contribution in [0.1, 0.15) is 22.3 Å². The summed E-state index contributed by atoms with van der Waals surface area (Å²) in [6.07, 6.45) is 7.72. The van der Waals surface area contributed by atoms with Gasteiger partial charge in [0.25, 0.3) is 5.91 Å². The maximum Gasteiger partial charge on any atom is 0.344 e. The molecule has 0 unspecified atom stereocenters. The standard InChI is InChI=1S/C18H22N6O2/c25-17(22-5-2-6-22)16-12-20-24(14-16)18(26)23-9-7-21(8-10-23)13-15-3-1-4-19-11-15/h1,3-4,11-12,14H,2,5-10,13H2. The van der Waals surface area contributed by atoms with Crippen molar-refractivity contribution in [2.24, 2.45) is 0 Å². The number of nitrogens with zero attached hydrogens (tertiary/aromatic N) is 6. The molecule has 0 atom stereocenters. The fourth-order valence-electron chi connectivity index (χ4n) is 3.23. The Balaban J connectivity index is 1.32. The average molecular weight is 354 g/mol. The minimum absolute atomic E-state index is 0.0448. The molecule has 2 saturated heterocycles. The van der Waals surface area contributed by atoms with Crippen LogP contribution in [0.4, 0.5) is 4.79 Å². The second-order valence-electron chi connectivity index (χ2n) is 6.73. The van der Waals surface area contributed by atoms with Crippen molar-refractivity contribution in [1.82, 2.24) is 29.5 Å². The van der Waals surface area contributed by atoms with Gasteiger partial charge in [0.1, 0.15) is 0 Å².